The number of likely N-dealkylation sites (N-methyl/N-ethyl adjacent to an activating group) is 1. The number of carbonyl (C=O) groups excluding carboxylic acids is 2. The van der Waals surface area contributed by atoms with E-state index in [1.54, 1.807) is 24.3 Å². The number of para-hydroxylation sites is 1. The zero-order chi connectivity index (χ0) is 20.2. The number of amides is 2. The van der Waals surface area contributed by atoms with E-state index in [0.717, 1.165) is 22.6 Å². The monoisotopic (exact) mass is 387 g/mol. The molecular formula is C23H21N3O3. The van der Waals surface area contributed by atoms with Gasteiger partial charge in [-0.2, -0.15) is 0 Å². The van der Waals surface area contributed by atoms with Crippen LogP contribution in [-0.4, -0.2) is 30.7 Å². The molecule has 0 saturated carbocycles. The summed E-state index contributed by atoms with van der Waals surface area (Å²) in [6, 6.07) is 20.9. The van der Waals surface area contributed by atoms with Crippen molar-refractivity contribution in [3.63, 3.8) is 0 Å². The Morgan fingerprint density at radius 2 is 1.83 bits per heavy atom. The number of hydrogen-bond acceptors (Lipinski definition) is 4. The van der Waals surface area contributed by atoms with E-state index in [1.807, 2.05) is 60.7 Å². The molecule has 0 aliphatic carbocycles. The number of nitrogens with zero attached hydrogens (tertiary/aromatic N) is 2. The molecule has 146 valence electrons. The fraction of sp³-hybridized carbons (Fsp3) is 0.174. The Kier molecular flexibility index (Phi) is 5.24. The predicted octanol–water partition coefficient (Wildman–Crippen LogP) is 3.17. The first-order chi connectivity index (χ1) is 14.1. The zero-order valence-corrected chi connectivity index (χ0v) is 16.0. The van der Waals surface area contributed by atoms with Crippen LogP contribution in [0.1, 0.15) is 23.3 Å². The van der Waals surface area contributed by atoms with Gasteiger partial charge in [0.1, 0.15) is 5.76 Å². The molecule has 0 spiro atoms. The maximum Gasteiger partial charge on any atom is 0.272 e. The van der Waals surface area contributed by atoms with Crippen molar-refractivity contribution < 1.29 is 14.0 Å². The lowest BCUT2D eigenvalue weighted by molar-refractivity contribution is -0.127. The molecule has 1 atom stereocenters. The predicted molar refractivity (Wildman–Crippen MR) is 111 cm³/mol. The third-order valence-electron chi connectivity index (χ3n) is 4.87. The second-order valence-electron chi connectivity index (χ2n) is 6.81. The Morgan fingerprint density at radius 3 is 2.59 bits per heavy atom. The van der Waals surface area contributed by atoms with E-state index < -0.39 is 6.17 Å². The minimum absolute atomic E-state index is 0.212. The molecule has 4 rings (SSSR count). The van der Waals surface area contributed by atoms with Gasteiger partial charge in [-0.1, -0.05) is 48.5 Å². The van der Waals surface area contributed by atoms with E-state index in [0.29, 0.717) is 12.1 Å². The van der Waals surface area contributed by atoms with Crippen LogP contribution < -0.4 is 10.2 Å². The first-order valence-corrected chi connectivity index (χ1v) is 9.45. The molecule has 1 N–H and O–H groups in total. The number of fused-ring (bicyclic) bond motifs is 1. The topological polar surface area (TPSA) is 74.9 Å². The van der Waals surface area contributed by atoms with Gasteiger partial charge in [0.15, 0.2) is 0 Å². The summed E-state index contributed by atoms with van der Waals surface area (Å²) in [5.74, 6) is 0.190. The van der Waals surface area contributed by atoms with Gasteiger partial charge >= 0.3 is 0 Å². The molecule has 1 aliphatic rings. The van der Waals surface area contributed by atoms with E-state index in [1.165, 1.54) is 0 Å². The molecule has 6 nitrogen and oxygen atoms in total. The van der Waals surface area contributed by atoms with Crippen LogP contribution in [0.25, 0.3) is 0 Å². The average molecular weight is 387 g/mol. The summed E-state index contributed by atoms with van der Waals surface area (Å²) < 4.78 is 5.27. The molecule has 2 heterocycles. The molecule has 0 bridgehead atoms. The highest BCUT2D eigenvalue weighted by Gasteiger charge is 2.30. The van der Waals surface area contributed by atoms with Crippen molar-refractivity contribution in [2.24, 2.45) is 4.99 Å². The molecule has 0 radical (unpaired) electrons. The summed E-state index contributed by atoms with van der Waals surface area (Å²) in [6.45, 7) is 0. The summed E-state index contributed by atoms with van der Waals surface area (Å²) in [5, 5.41) is 2.78. The van der Waals surface area contributed by atoms with Crippen molar-refractivity contribution in [1.29, 1.82) is 0 Å². The number of furan rings is 1. The fourth-order valence-corrected chi connectivity index (χ4v) is 3.36. The Labute approximate surface area is 168 Å². The van der Waals surface area contributed by atoms with Gasteiger partial charge in [-0.25, -0.2) is 4.99 Å². The Morgan fingerprint density at radius 1 is 1.07 bits per heavy atom. The van der Waals surface area contributed by atoms with Crippen molar-refractivity contribution >= 4 is 23.2 Å². The molecule has 1 aromatic heterocycles. The van der Waals surface area contributed by atoms with Gasteiger partial charge in [0.05, 0.1) is 17.7 Å². The maximum atomic E-state index is 13.0. The molecule has 1 unspecified atom stereocenters. The zero-order valence-electron chi connectivity index (χ0n) is 16.0. The van der Waals surface area contributed by atoms with E-state index in [9.17, 15) is 9.59 Å². The van der Waals surface area contributed by atoms with Gasteiger partial charge in [-0.15, -0.1) is 0 Å². The van der Waals surface area contributed by atoms with Crippen molar-refractivity contribution in [3.05, 3.63) is 89.9 Å². The number of hydrogen-bond donors (Lipinski definition) is 1. The molecule has 3 aromatic rings. The van der Waals surface area contributed by atoms with Gasteiger partial charge < -0.3 is 14.6 Å². The lowest BCUT2D eigenvalue weighted by atomic mass is 10.0. The first-order valence-electron chi connectivity index (χ1n) is 9.45. The molecule has 6 heteroatoms. The number of aliphatic imine (C=N–C) groups is 1. The van der Waals surface area contributed by atoms with E-state index >= 15 is 0 Å². The van der Waals surface area contributed by atoms with E-state index in [-0.39, 0.29) is 18.2 Å². The lowest BCUT2D eigenvalue weighted by Gasteiger charge is -2.20. The lowest BCUT2D eigenvalue weighted by Crippen LogP contribution is -2.46. The van der Waals surface area contributed by atoms with Crippen LogP contribution in [-0.2, 0) is 16.0 Å². The standard InChI is InChI=1S/C23H21N3O3/c1-26-19-12-6-5-11-18(19)21(16-8-3-2-4-9-16)25-22(23(26)28)24-20(27)14-13-17-10-7-15-29-17/h2-12,15,22H,13-14H2,1H3,(H,24,27). The minimum Gasteiger partial charge on any atom is -0.469 e. The Balaban J connectivity index is 1.65. The second-order valence-corrected chi connectivity index (χ2v) is 6.81. The smallest absolute Gasteiger partial charge is 0.272 e. The van der Waals surface area contributed by atoms with E-state index in [4.69, 9.17) is 4.42 Å². The van der Waals surface area contributed by atoms with Crippen LogP contribution in [0.4, 0.5) is 5.69 Å². The number of benzene rings is 2. The molecule has 2 aromatic carbocycles. The van der Waals surface area contributed by atoms with Gasteiger partial charge in [-0.05, 0) is 18.2 Å². The highest BCUT2D eigenvalue weighted by molar-refractivity contribution is 6.20. The number of anilines is 1. The Bertz CT molecular complexity index is 1040. The highest BCUT2D eigenvalue weighted by Crippen LogP contribution is 2.27. The van der Waals surface area contributed by atoms with Gasteiger partial charge in [-0.3, -0.25) is 9.59 Å². The number of carbonyl (C=O) groups is 2. The SMILES string of the molecule is CN1C(=O)C(NC(=O)CCc2ccco2)N=C(c2ccccc2)c2ccccc21. The van der Waals surface area contributed by atoms with Crippen molar-refractivity contribution in [2.45, 2.75) is 19.0 Å². The maximum absolute atomic E-state index is 13.0. The summed E-state index contributed by atoms with van der Waals surface area (Å²) in [4.78, 5) is 31.8. The highest BCUT2D eigenvalue weighted by atomic mass is 16.3. The van der Waals surface area contributed by atoms with Gasteiger partial charge in [0, 0.05) is 31.0 Å². The number of nitrogens with one attached hydrogen (secondary N) is 1. The Hall–Kier alpha value is -3.67. The molecule has 0 fully saturated rings. The third-order valence-corrected chi connectivity index (χ3v) is 4.87. The largest absolute Gasteiger partial charge is 0.469 e. The average Bonchev–Trinajstić information content (AvgIpc) is 3.25. The van der Waals surface area contributed by atoms with Crippen molar-refractivity contribution in [2.75, 3.05) is 11.9 Å². The minimum atomic E-state index is -0.994. The first kappa shape index (κ1) is 18.7. The molecular weight excluding hydrogens is 366 g/mol. The van der Waals surface area contributed by atoms with Crippen molar-refractivity contribution in [1.82, 2.24) is 5.32 Å². The third kappa shape index (κ3) is 3.96. The number of aryl methyl sites for hydroxylation is 1. The second kappa shape index (κ2) is 8.14. The normalized spacial score (nSPS) is 16.0. The molecule has 1 aliphatic heterocycles. The molecule has 0 saturated heterocycles. The molecule has 29 heavy (non-hydrogen) atoms. The quantitative estimate of drug-likeness (QED) is 0.731. The van der Waals surface area contributed by atoms with Crippen LogP contribution in [0, 0.1) is 0 Å². The fourth-order valence-electron chi connectivity index (χ4n) is 3.36. The van der Waals surface area contributed by atoms with Gasteiger partial charge in [0.25, 0.3) is 5.91 Å². The summed E-state index contributed by atoms with van der Waals surface area (Å²) in [6.07, 6.45) is 1.26. The summed E-state index contributed by atoms with van der Waals surface area (Å²) in [5.41, 5.74) is 3.17. The van der Waals surface area contributed by atoms with Crippen LogP contribution >= 0.6 is 0 Å². The van der Waals surface area contributed by atoms with Crippen LogP contribution in [0.5, 0.6) is 0 Å². The summed E-state index contributed by atoms with van der Waals surface area (Å²) >= 11 is 0. The number of benzodiazepines with no additional fused rings is 1. The van der Waals surface area contributed by atoms with Crippen molar-refractivity contribution in [3.8, 4) is 0 Å². The molecule has 2 amide bonds. The number of rotatable bonds is 5. The van der Waals surface area contributed by atoms with Gasteiger partial charge in [0.2, 0.25) is 12.1 Å². The summed E-state index contributed by atoms with van der Waals surface area (Å²) in [7, 11) is 1.70. The van der Waals surface area contributed by atoms with Crippen LogP contribution in [0.3, 0.4) is 0 Å². The van der Waals surface area contributed by atoms with Crippen LogP contribution in [0.2, 0.25) is 0 Å². The van der Waals surface area contributed by atoms with E-state index in [2.05, 4.69) is 10.3 Å². The van der Waals surface area contributed by atoms with Crippen LogP contribution in [0.15, 0.2) is 82.4 Å².